The molecule has 0 saturated carbocycles. The molecule has 0 fully saturated rings. The molecule has 4 aromatic rings. The minimum Gasteiger partial charge on any atom is -0.354 e. The molecule has 0 aliphatic heterocycles. The number of carbonyl (C=O) groups is 2. The number of halogens is 4. The summed E-state index contributed by atoms with van der Waals surface area (Å²) in [4.78, 5) is 29.3. The molecule has 0 radical (unpaired) electrons. The topological polar surface area (TPSA) is 86.8 Å². The Labute approximate surface area is 284 Å². The van der Waals surface area contributed by atoms with Crippen LogP contribution in [0.3, 0.4) is 0 Å². The van der Waals surface area contributed by atoms with Crippen molar-refractivity contribution in [1.82, 2.24) is 10.2 Å². The number of unbranched alkanes of at least 4 members (excludes halogenated alkanes) is 1. The Balaban J connectivity index is 1.84. The van der Waals surface area contributed by atoms with Gasteiger partial charge in [0.2, 0.25) is 11.8 Å². The highest BCUT2D eigenvalue weighted by atomic mass is 35.5. The first-order chi connectivity index (χ1) is 22.8. The fourth-order valence-corrected chi connectivity index (χ4v) is 6.68. The number of hydrogen-bond donors (Lipinski definition) is 1. The monoisotopic (exact) mass is 699 g/mol. The van der Waals surface area contributed by atoms with E-state index in [0.717, 1.165) is 29.7 Å². The fraction of sp³-hybridized carbons (Fsp3) is 0.278. The Morgan fingerprint density at radius 3 is 2.21 bits per heavy atom. The molecule has 12 heteroatoms. The van der Waals surface area contributed by atoms with Gasteiger partial charge in [-0.15, -0.1) is 0 Å². The Morgan fingerprint density at radius 1 is 0.896 bits per heavy atom. The van der Waals surface area contributed by atoms with Gasteiger partial charge < -0.3 is 10.2 Å². The van der Waals surface area contributed by atoms with Gasteiger partial charge in [0.05, 0.1) is 16.1 Å². The third-order valence-corrected chi connectivity index (χ3v) is 9.91. The van der Waals surface area contributed by atoms with E-state index >= 15 is 0 Å². The molecule has 4 aromatic carbocycles. The van der Waals surface area contributed by atoms with Crippen molar-refractivity contribution in [3.05, 3.63) is 130 Å². The van der Waals surface area contributed by atoms with Gasteiger partial charge in [-0.25, -0.2) is 8.42 Å². The summed E-state index contributed by atoms with van der Waals surface area (Å²) in [6.07, 6.45) is -3.18. The van der Waals surface area contributed by atoms with Crippen LogP contribution in [0, 0.1) is 6.92 Å². The number of carbonyl (C=O) groups excluding carboxylic acids is 2. The molecule has 0 aromatic heterocycles. The molecule has 0 heterocycles. The van der Waals surface area contributed by atoms with Crippen LogP contribution in [0.2, 0.25) is 5.02 Å². The van der Waals surface area contributed by atoms with Gasteiger partial charge >= 0.3 is 6.18 Å². The number of rotatable bonds is 14. The zero-order valence-electron chi connectivity index (χ0n) is 26.6. The lowest BCUT2D eigenvalue weighted by atomic mass is 10.0. The van der Waals surface area contributed by atoms with E-state index in [2.05, 4.69) is 5.32 Å². The van der Waals surface area contributed by atoms with Crippen LogP contribution in [0.5, 0.6) is 0 Å². The van der Waals surface area contributed by atoms with Crippen molar-refractivity contribution in [1.29, 1.82) is 0 Å². The Morgan fingerprint density at radius 2 is 1.56 bits per heavy atom. The molecule has 0 saturated heterocycles. The molecule has 0 aliphatic rings. The van der Waals surface area contributed by atoms with Crippen molar-refractivity contribution in [2.75, 3.05) is 17.4 Å². The minimum absolute atomic E-state index is 0.0866. The molecule has 0 spiro atoms. The second kappa shape index (κ2) is 16.2. The van der Waals surface area contributed by atoms with E-state index in [1.807, 2.05) is 13.0 Å². The van der Waals surface area contributed by atoms with Crippen molar-refractivity contribution in [2.45, 2.75) is 56.8 Å². The zero-order valence-corrected chi connectivity index (χ0v) is 28.2. The third-order valence-electron chi connectivity index (χ3n) is 7.75. The van der Waals surface area contributed by atoms with Gasteiger partial charge in [0, 0.05) is 24.5 Å². The number of hydrogen-bond acceptors (Lipinski definition) is 4. The quantitative estimate of drug-likeness (QED) is 0.139. The van der Waals surface area contributed by atoms with Crippen LogP contribution >= 0.6 is 11.6 Å². The van der Waals surface area contributed by atoms with Gasteiger partial charge in [-0.3, -0.25) is 13.9 Å². The Bertz CT molecular complexity index is 1800. The summed E-state index contributed by atoms with van der Waals surface area (Å²) in [5.41, 5.74) is 0.565. The Hall–Kier alpha value is -4.35. The molecular formula is C36H37ClF3N3O4S. The predicted octanol–water partition coefficient (Wildman–Crippen LogP) is 7.42. The second-order valence-corrected chi connectivity index (χ2v) is 13.6. The van der Waals surface area contributed by atoms with E-state index in [1.165, 1.54) is 23.1 Å². The van der Waals surface area contributed by atoms with Crippen LogP contribution in [0.25, 0.3) is 0 Å². The van der Waals surface area contributed by atoms with Crippen molar-refractivity contribution in [3.63, 3.8) is 0 Å². The normalized spacial score (nSPS) is 12.3. The van der Waals surface area contributed by atoms with Crippen LogP contribution in [-0.2, 0) is 38.8 Å². The molecule has 254 valence electrons. The van der Waals surface area contributed by atoms with Gasteiger partial charge in [-0.05, 0) is 60.9 Å². The van der Waals surface area contributed by atoms with Crippen LogP contribution in [0.15, 0.2) is 108 Å². The SMILES string of the molecule is CCCCNC(=O)[C@@H](Cc1ccccc1)N(Cc1ccccc1Cl)C(=O)CN(c1cccc(C(F)(F)F)c1)S(=O)(=O)c1ccc(C)cc1. The molecule has 7 nitrogen and oxygen atoms in total. The lowest BCUT2D eigenvalue weighted by Gasteiger charge is -2.34. The number of aryl methyl sites for hydroxylation is 1. The molecule has 48 heavy (non-hydrogen) atoms. The van der Waals surface area contributed by atoms with Crippen LogP contribution in [0.4, 0.5) is 18.9 Å². The van der Waals surface area contributed by atoms with Crippen molar-refractivity contribution in [2.24, 2.45) is 0 Å². The molecule has 1 atom stereocenters. The van der Waals surface area contributed by atoms with Crippen molar-refractivity contribution in [3.8, 4) is 0 Å². The number of amides is 2. The van der Waals surface area contributed by atoms with Gasteiger partial charge in [-0.2, -0.15) is 13.2 Å². The lowest BCUT2D eigenvalue weighted by Crippen LogP contribution is -2.53. The summed E-state index contributed by atoms with van der Waals surface area (Å²) in [6, 6.07) is 24.2. The molecule has 1 N–H and O–H groups in total. The highest BCUT2D eigenvalue weighted by molar-refractivity contribution is 7.92. The van der Waals surface area contributed by atoms with Crippen LogP contribution in [0.1, 0.15) is 42.0 Å². The predicted molar refractivity (Wildman–Crippen MR) is 181 cm³/mol. The average molecular weight is 700 g/mol. The largest absolute Gasteiger partial charge is 0.416 e. The van der Waals surface area contributed by atoms with Gasteiger partial charge in [0.15, 0.2) is 0 Å². The number of benzene rings is 4. The fourth-order valence-electron chi connectivity index (χ4n) is 5.07. The van der Waals surface area contributed by atoms with E-state index in [9.17, 15) is 31.2 Å². The summed E-state index contributed by atoms with van der Waals surface area (Å²) in [5.74, 6) is -1.27. The number of alkyl halides is 3. The third kappa shape index (κ3) is 9.38. The first kappa shape index (κ1) is 36.5. The summed E-state index contributed by atoms with van der Waals surface area (Å²) >= 11 is 6.50. The van der Waals surface area contributed by atoms with Crippen molar-refractivity contribution < 1.29 is 31.2 Å². The average Bonchev–Trinajstić information content (AvgIpc) is 3.06. The van der Waals surface area contributed by atoms with E-state index < -0.39 is 46.2 Å². The second-order valence-electron chi connectivity index (χ2n) is 11.3. The number of anilines is 1. The first-order valence-electron chi connectivity index (χ1n) is 15.4. The lowest BCUT2D eigenvalue weighted by molar-refractivity contribution is -0.140. The van der Waals surface area contributed by atoms with Crippen molar-refractivity contribution >= 4 is 39.1 Å². The number of sulfonamides is 1. The molecule has 0 unspecified atom stereocenters. The summed E-state index contributed by atoms with van der Waals surface area (Å²) in [7, 11) is -4.57. The minimum atomic E-state index is -4.77. The summed E-state index contributed by atoms with van der Waals surface area (Å²) < 4.78 is 70.3. The molecule has 0 bridgehead atoms. The standard InChI is InChI=1S/C36H37ClF3N3O4S/c1-3-4-21-41-35(45)33(22-27-11-6-5-7-12-27)42(24-28-13-8-9-16-32(28)37)34(44)25-43(30-15-10-14-29(23-30)36(38,39)40)48(46,47)31-19-17-26(2)18-20-31/h5-20,23,33H,3-4,21-22,24-25H2,1-2H3,(H,41,45)/t33-/m1/s1. The summed E-state index contributed by atoms with van der Waals surface area (Å²) in [5, 5.41) is 3.21. The maximum absolute atomic E-state index is 14.5. The van der Waals surface area contributed by atoms with Gasteiger partial charge in [0.25, 0.3) is 10.0 Å². The van der Waals surface area contributed by atoms with E-state index in [-0.39, 0.29) is 23.5 Å². The molecule has 0 aliphatic carbocycles. The molecule has 2 amide bonds. The first-order valence-corrected chi connectivity index (χ1v) is 17.2. The zero-order chi connectivity index (χ0) is 34.9. The number of nitrogens with zero attached hydrogens (tertiary/aromatic N) is 2. The molecule has 4 rings (SSSR count). The van der Waals surface area contributed by atoms with E-state index in [0.29, 0.717) is 33.9 Å². The van der Waals surface area contributed by atoms with Gasteiger partial charge in [-0.1, -0.05) is 97.2 Å². The van der Waals surface area contributed by atoms with E-state index in [4.69, 9.17) is 11.6 Å². The van der Waals surface area contributed by atoms with Gasteiger partial charge in [0.1, 0.15) is 12.6 Å². The highest BCUT2D eigenvalue weighted by Crippen LogP contribution is 2.33. The Kier molecular flexibility index (Phi) is 12.3. The maximum Gasteiger partial charge on any atom is 0.416 e. The molecular weight excluding hydrogens is 663 g/mol. The van der Waals surface area contributed by atoms with Crippen LogP contribution in [-0.4, -0.2) is 44.3 Å². The van der Waals surface area contributed by atoms with E-state index in [1.54, 1.807) is 67.6 Å². The maximum atomic E-state index is 14.5. The highest BCUT2D eigenvalue weighted by Gasteiger charge is 2.36. The van der Waals surface area contributed by atoms with Crippen LogP contribution < -0.4 is 9.62 Å². The summed E-state index contributed by atoms with van der Waals surface area (Å²) in [6.45, 7) is 3.02. The number of nitrogens with one attached hydrogen (secondary N) is 1. The smallest absolute Gasteiger partial charge is 0.354 e.